The second kappa shape index (κ2) is 6.68. The molecule has 0 fully saturated rings. The molecule has 4 rings (SSSR count). The Kier molecular flexibility index (Phi) is 4.07. The molecular formula is C20H16N4O2. The number of aromatic nitrogens is 4. The number of nitrogens with zero attached hydrogens (tertiary/aromatic N) is 4. The van der Waals surface area contributed by atoms with Gasteiger partial charge in [0.15, 0.2) is 5.65 Å². The smallest absolute Gasteiger partial charge is 0.273 e. The van der Waals surface area contributed by atoms with Crippen LogP contribution in [0.4, 0.5) is 0 Å². The average Bonchev–Trinajstić information content (AvgIpc) is 3.11. The first-order valence-corrected chi connectivity index (χ1v) is 8.09. The topological polar surface area (TPSA) is 61.4 Å². The maximum atomic E-state index is 12.7. The summed E-state index contributed by atoms with van der Waals surface area (Å²) in [7, 11) is 1.60. The summed E-state index contributed by atoms with van der Waals surface area (Å²) in [4.78, 5) is 21.3. The van der Waals surface area contributed by atoms with Crippen molar-refractivity contribution >= 4 is 17.8 Å². The maximum absolute atomic E-state index is 12.7. The molecule has 1 aromatic carbocycles. The van der Waals surface area contributed by atoms with Crippen molar-refractivity contribution < 1.29 is 4.74 Å². The van der Waals surface area contributed by atoms with Gasteiger partial charge in [0.05, 0.1) is 12.8 Å². The van der Waals surface area contributed by atoms with E-state index in [0.717, 1.165) is 11.3 Å². The molecule has 0 radical (unpaired) electrons. The molecule has 0 saturated heterocycles. The van der Waals surface area contributed by atoms with E-state index in [4.69, 9.17) is 4.74 Å². The van der Waals surface area contributed by atoms with E-state index in [1.54, 1.807) is 42.5 Å². The molecule has 0 N–H and O–H groups in total. The van der Waals surface area contributed by atoms with Crippen molar-refractivity contribution in [2.45, 2.75) is 0 Å². The zero-order valence-electron chi connectivity index (χ0n) is 14.1. The van der Waals surface area contributed by atoms with E-state index in [9.17, 15) is 4.79 Å². The monoisotopic (exact) mass is 344 g/mol. The van der Waals surface area contributed by atoms with Crippen LogP contribution in [0.3, 0.4) is 0 Å². The summed E-state index contributed by atoms with van der Waals surface area (Å²) in [5.74, 6) is 0.678. The molecule has 0 spiro atoms. The number of methoxy groups -OCH3 is 1. The van der Waals surface area contributed by atoms with Crippen molar-refractivity contribution in [2.24, 2.45) is 0 Å². The lowest BCUT2D eigenvalue weighted by atomic mass is 10.2. The minimum absolute atomic E-state index is 0.170. The van der Waals surface area contributed by atoms with Crippen molar-refractivity contribution in [1.82, 2.24) is 19.2 Å². The summed E-state index contributed by atoms with van der Waals surface area (Å²) < 4.78 is 8.64. The molecule has 3 aromatic heterocycles. The fraction of sp³-hybridized carbons (Fsp3) is 0.0500. The Hall–Kier alpha value is -3.67. The van der Waals surface area contributed by atoms with Crippen molar-refractivity contribution in [3.63, 3.8) is 0 Å². The molecule has 6 heteroatoms. The second-order valence-electron chi connectivity index (χ2n) is 5.64. The first-order chi connectivity index (χ1) is 12.8. The van der Waals surface area contributed by atoms with E-state index in [0.29, 0.717) is 17.1 Å². The first-order valence-electron chi connectivity index (χ1n) is 8.09. The highest BCUT2D eigenvalue weighted by atomic mass is 16.5. The zero-order chi connectivity index (χ0) is 17.9. The Labute approximate surface area is 149 Å². The lowest BCUT2D eigenvalue weighted by molar-refractivity contribution is 0.411. The minimum Gasteiger partial charge on any atom is -0.494 e. The van der Waals surface area contributed by atoms with Crippen molar-refractivity contribution in [3.05, 3.63) is 88.7 Å². The average molecular weight is 344 g/mol. The van der Waals surface area contributed by atoms with Gasteiger partial charge in [-0.2, -0.15) is 4.52 Å². The summed E-state index contributed by atoms with van der Waals surface area (Å²) in [6, 6.07) is 14.6. The van der Waals surface area contributed by atoms with E-state index < -0.39 is 0 Å². The molecule has 0 saturated carbocycles. The van der Waals surface area contributed by atoms with Gasteiger partial charge in [-0.15, -0.1) is 0 Å². The Bertz CT molecular complexity index is 1140. The normalized spacial score (nSPS) is 11.3. The molecule has 6 nitrogen and oxygen atoms in total. The van der Waals surface area contributed by atoms with Crippen molar-refractivity contribution in [2.75, 3.05) is 7.11 Å². The fourth-order valence-corrected chi connectivity index (χ4v) is 2.79. The summed E-state index contributed by atoms with van der Waals surface area (Å²) in [5.41, 5.74) is 2.70. The van der Waals surface area contributed by atoms with Crippen LogP contribution in [-0.4, -0.2) is 26.3 Å². The van der Waals surface area contributed by atoms with Gasteiger partial charge in [-0.3, -0.25) is 9.78 Å². The SMILES string of the molecule is COc1ccccc1-n1ccc2nc(C=Cc3cccnc3)cc(=O)n21. The number of rotatable bonds is 4. The molecule has 26 heavy (non-hydrogen) atoms. The van der Waals surface area contributed by atoms with Crippen LogP contribution < -0.4 is 10.3 Å². The largest absolute Gasteiger partial charge is 0.494 e. The van der Waals surface area contributed by atoms with E-state index in [2.05, 4.69) is 9.97 Å². The van der Waals surface area contributed by atoms with Crippen LogP contribution >= 0.6 is 0 Å². The summed E-state index contributed by atoms with van der Waals surface area (Å²) >= 11 is 0. The summed E-state index contributed by atoms with van der Waals surface area (Å²) in [5, 5.41) is 0. The van der Waals surface area contributed by atoms with E-state index in [1.165, 1.54) is 10.6 Å². The van der Waals surface area contributed by atoms with Gasteiger partial charge in [0, 0.05) is 30.7 Å². The van der Waals surface area contributed by atoms with Crippen LogP contribution in [-0.2, 0) is 0 Å². The van der Waals surface area contributed by atoms with E-state index >= 15 is 0 Å². The molecule has 3 heterocycles. The number of ether oxygens (including phenoxy) is 1. The van der Waals surface area contributed by atoms with Gasteiger partial charge in [0.25, 0.3) is 5.56 Å². The molecule has 0 atom stereocenters. The summed E-state index contributed by atoms with van der Waals surface area (Å²) in [6.07, 6.45) is 8.95. The number of hydrogen-bond acceptors (Lipinski definition) is 4. The highest BCUT2D eigenvalue weighted by Gasteiger charge is 2.10. The van der Waals surface area contributed by atoms with Gasteiger partial charge in [-0.1, -0.05) is 24.3 Å². The molecule has 0 amide bonds. The zero-order valence-corrected chi connectivity index (χ0v) is 14.1. The third-order valence-corrected chi connectivity index (χ3v) is 3.98. The first kappa shape index (κ1) is 15.8. The Morgan fingerprint density at radius 2 is 1.96 bits per heavy atom. The number of fused-ring (bicyclic) bond motifs is 1. The molecule has 0 aliphatic carbocycles. The number of benzene rings is 1. The van der Waals surface area contributed by atoms with Gasteiger partial charge in [0.1, 0.15) is 11.4 Å². The van der Waals surface area contributed by atoms with Crippen LogP contribution in [0.1, 0.15) is 11.3 Å². The van der Waals surface area contributed by atoms with Crippen molar-refractivity contribution in [1.29, 1.82) is 0 Å². The van der Waals surface area contributed by atoms with Gasteiger partial charge < -0.3 is 4.74 Å². The molecule has 0 aliphatic rings. The Morgan fingerprint density at radius 1 is 1.08 bits per heavy atom. The maximum Gasteiger partial charge on any atom is 0.273 e. The van der Waals surface area contributed by atoms with Gasteiger partial charge in [-0.25, -0.2) is 9.67 Å². The Morgan fingerprint density at radius 3 is 2.77 bits per heavy atom. The molecule has 0 bridgehead atoms. The van der Waals surface area contributed by atoms with E-state index in [-0.39, 0.29) is 5.56 Å². The predicted octanol–water partition coefficient (Wildman–Crippen LogP) is 3.06. The number of para-hydroxylation sites is 2. The van der Waals surface area contributed by atoms with Crippen LogP contribution in [0.2, 0.25) is 0 Å². The quantitative estimate of drug-likeness (QED) is 0.571. The highest BCUT2D eigenvalue weighted by Crippen LogP contribution is 2.22. The standard InChI is InChI=1S/C20H16N4O2/c1-26-18-7-3-2-6-17(18)23-12-10-19-22-16(13-20(25)24(19)23)9-8-15-5-4-11-21-14-15/h2-14H,1H3. The van der Waals surface area contributed by atoms with Gasteiger partial charge in [-0.05, 0) is 29.8 Å². The lowest BCUT2D eigenvalue weighted by Crippen LogP contribution is -2.20. The Balaban J connectivity index is 1.79. The van der Waals surface area contributed by atoms with Gasteiger partial charge >= 0.3 is 0 Å². The van der Waals surface area contributed by atoms with E-state index in [1.807, 2.05) is 42.5 Å². The second-order valence-corrected chi connectivity index (χ2v) is 5.64. The van der Waals surface area contributed by atoms with Crippen LogP contribution in [0.5, 0.6) is 5.75 Å². The molecule has 0 unspecified atom stereocenters. The van der Waals surface area contributed by atoms with Crippen LogP contribution in [0.15, 0.2) is 71.9 Å². The predicted molar refractivity (Wildman–Crippen MR) is 101 cm³/mol. The molecule has 0 aliphatic heterocycles. The molecular weight excluding hydrogens is 328 g/mol. The van der Waals surface area contributed by atoms with Crippen molar-refractivity contribution in [3.8, 4) is 11.4 Å². The van der Waals surface area contributed by atoms with Crippen LogP contribution in [0, 0.1) is 0 Å². The lowest BCUT2D eigenvalue weighted by Gasteiger charge is -2.10. The third kappa shape index (κ3) is 2.88. The van der Waals surface area contributed by atoms with Gasteiger partial charge in [0.2, 0.25) is 0 Å². The highest BCUT2D eigenvalue weighted by molar-refractivity contribution is 5.68. The summed E-state index contributed by atoms with van der Waals surface area (Å²) in [6.45, 7) is 0. The minimum atomic E-state index is -0.170. The molecule has 4 aromatic rings. The number of pyridine rings is 1. The van der Waals surface area contributed by atoms with Crippen LogP contribution in [0.25, 0.3) is 23.5 Å². The molecule has 128 valence electrons. The third-order valence-electron chi connectivity index (χ3n) is 3.98. The number of hydrogen-bond donors (Lipinski definition) is 0. The fourth-order valence-electron chi connectivity index (χ4n) is 2.79.